The van der Waals surface area contributed by atoms with Crippen LogP contribution < -0.4 is 28.0 Å². The fraction of sp³-hybridized carbons (Fsp3) is 0.562. The Labute approximate surface area is 160 Å². The highest BCUT2D eigenvalue weighted by atomic mass is 16.5. The van der Waals surface area contributed by atoms with Crippen molar-refractivity contribution in [2.45, 2.75) is 44.7 Å². The van der Waals surface area contributed by atoms with Gasteiger partial charge in [0.15, 0.2) is 5.96 Å². The number of aliphatic imine (C=N–C) groups is 1. The number of rotatable bonds is 12. The summed E-state index contributed by atoms with van der Waals surface area (Å²) >= 11 is 0. The molecule has 1 aromatic rings. The van der Waals surface area contributed by atoms with Gasteiger partial charge in [-0.2, -0.15) is 0 Å². The molecule has 1 heterocycles. The Morgan fingerprint density at radius 3 is 2.61 bits per heavy atom. The van der Waals surface area contributed by atoms with E-state index in [0.29, 0.717) is 13.0 Å². The molecule has 1 unspecified atom stereocenters. The van der Waals surface area contributed by atoms with Crippen molar-refractivity contribution in [2.75, 3.05) is 13.2 Å². The van der Waals surface area contributed by atoms with Crippen LogP contribution in [0.5, 0.6) is 0 Å². The van der Waals surface area contributed by atoms with Gasteiger partial charge in [-0.05, 0) is 25.7 Å². The molecule has 0 radical (unpaired) electrons. The number of guanidine groups is 1. The molecule has 28 heavy (non-hydrogen) atoms. The summed E-state index contributed by atoms with van der Waals surface area (Å²) in [6.45, 7) is 0.690. The summed E-state index contributed by atoms with van der Waals surface area (Å²) < 4.78 is 6.37. The zero-order valence-electron chi connectivity index (χ0n) is 15.4. The van der Waals surface area contributed by atoms with Crippen LogP contribution in [0.2, 0.25) is 0 Å². The van der Waals surface area contributed by atoms with Crippen LogP contribution in [0.15, 0.2) is 26.8 Å². The van der Waals surface area contributed by atoms with Gasteiger partial charge in [0, 0.05) is 25.4 Å². The maximum absolute atomic E-state index is 11.6. The molecule has 1 atom stereocenters. The van der Waals surface area contributed by atoms with E-state index in [4.69, 9.17) is 21.3 Å². The minimum Gasteiger partial charge on any atom is -0.480 e. The predicted molar refractivity (Wildman–Crippen MR) is 101 cm³/mol. The van der Waals surface area contributed by atoms with E-state index >= 15 is 0 Å². The Balaban J connectivity index is 2.18. The summed E-state index contributed by atoms with van der Waals surface area (Å²) in [5.41, 5.74) is 9.43. The lowest BCUT2D eigenvalue weighted by Gasteiger charge is -2.13. The molecule has 0 aliphatic heterocycles. The second-order valence-corrected chi connectivity index (χ2v) is 5.98. The molecule has 0 aromatic carbocycles. The first-order valence-electron chi connectivity index (χ1n) is 8.81. The van der Waals surface area contributed by atoms with Gasteiger partial charge >= 0.3 is 17.8 Å². The number of carboxylic acid groups (broad SMARTS) is 1. The van der Waals surface area contributed by atoms with Gasteiger partial charge in [0.1, 0.15) is 6.04 Å². The lowest BCUT2D eigenvalue weighted by molar-refractivity contribution is -0.139. The van der Waals surface area contributed by atoms with Gasteiger partial charge in [-0.25, -0.2) is 14.4 Å². The number of aromatic nitrogens is 2. The molecule has 1 amide bonds. The maximum Gasteiger partial charge on any atom is 0.407 e. The molecular weight excluding hydrogens is 372 g/mol. The van der Waals surface area contributed by atoms with Crippen molar-refractivity contribution in [3.8, 4) is 0 Å². The second kappa shape index (κ2) is 12.1. The van der Waals surface area contributed by atoms with Gasteiger partial charge in [-0.3, -0.25) is 14.8 Å². The minimum atomic E-state index is -1.21. The largest absolute Gasteiger partial charge is 0.480 e. The molecule has 156 valence electrons. The molecule has 0 bridgehead atoms. The summed E-state index contributed by atoms with van der Waals surface area (Å²) in [6, 6.07) is 0.140. The number of nitrogens with zero attached hydrogens (tertiary/aromatic N) is 2. The first-order chi connectivity index (χ1) is 13.3. The Morgan fingerprint density at radius 1 is 1.25 bits per heavy atom. The number of carbonyl (C=O) groups is 2. The highest BCUT2D eigenvalue weighted by molar-refractivity contribution is 5.80. The van der Waals surface area contributed by atoms with Crippen molar-refractivity contribution in [2.24, 2.45) is 16.5 Å². The Hall–Kier alpha value is -3.31. The van der Waals surface area contributed by atoms with Gasteiger partial charge in [-0.1, -0.05) is 6.42 Å². The van der Waals surface area contributed by atoms with E-state index in [1.165, 1.54) is 16.8 Å². The number of aryl methyl sites for hydroxylation is 1. The topological polar surface area (TPSA) is 195 Å². The third kappa shape index (κ3) is 9.40. The monoisotopic (exact) mass is 398 g/mol. The van der Waals surface area contributed by atoms with Crippen LogP contribution in [0.1, 0.15) is 32.1 Å². The average molecular weight is 398 g/mol. The minimum absolute atomic E-state index is 0.0342. The summed E-state index contributed by atoms with van der Waals surface area (Å²) in [4.78, 5) is 51.0. The van der Waals surface area contributed by atoms with Crippen molar-refractivity contribution < 1.29 is 19.4 Å². The van der Waals surface area contributed by atoms with Crippen LogP contribution in [0, 0.1) is 0 Å². The third-order valence-corrected chi connectivity index (χ3v) is 3.73. The number of H-pyrrole nitrogens is 1. The molecule has 7 N–H and O–H groups in total. The van der Waals surface area contributed by atoms with Gasteiger partial charge in [0.25, 0.3) is 5.56 Å². The summed E-state index contributed by atoms with van der Waals surface area (Å²) in [5, 5.41) is 11.3. The van der Waals surface area contributed by atoms with Crippen molar-refractivity contribution in [1.29, 1.82) is 0 Å². The van der Waals surface area contributed by atoms with Crippen molar-refractivity contribution in [3.63, 3.8) is 0 Å². The first-order valence-corrected chi connectivity index (χ1v) is 8.81. The van der Waals surface area contributed by atoms with E-state index in [1.54, 1.807) is 0 Å². The zero-order valence-corrected chi connectivity index (χ0v) is 15.4. The smallest absolute Gasteiger partial charge is 0.407 e. The predicted octanol–water partition coefficient (Wildman–Crippen LogP) is -1.06. The van der Waals surface area contributed by atoms with Crippen LogP contribution in [0.25, 0.3) is 0 Å². The number of hydrogen-bond acceptors (Lipinski definition) is 6. The number of aromatic amines is 1. The van der Waals surface area contributed by atoms with Gasteiger partial charge in [-0.15, -0.1) is 0 Å². The Morgan fingerprint density at radius 2 is 1.96 bits per heavy atom. The standard InChI is InChI=1S/C16H26N6O6/c17-14(18)19-7-5-11(13(24)25)20-16(27)28-10-4-2-1-3-8-22-9-6-12(23)21-15(22)26/h6,9,11H,1-5,7-8,10H2,(H,20,27)(H,24,25)(H4,17,18,19)(H,21,23,26). The average Bonchev–Trinajstić information content (AvgIpc) is 2.61. The summed E-state index contributed by atoms with van der Waals surface area (Å²) in [6.07, 6.45) is 3.54. The van der Waals surface area contributed by atoms with E-state index < -0.39 is 29.4 Å². The van der Waals surface area contributed by atoms with E-state index in [-0.39, 0.29) is 25.5 Å². The summed E-state index contributed by atoms with van der Waals surface area (Å²) in [5.74, 6) is -1.36. The van der Waals surface area contributed by atoms with E-state index in [1.807, 2.05) is 0 Å². The number of aliphatic carboxylic acids is 1. The normalized spacial score (nSPS) is 11.4. The molecular formula is C16H26N6O6. The highest BCUT2D eigenvalue weighted by Gasteiger charge is 2.20. The SMILES string of the molecule is NC(N)=NCCC(NC(=O)OCCCCCCn1ccc(=O)[nH]c1=O)C(=O)O. The molecule has 12 heteroatoms. The molecule has 12 nitrogen and oxygen atoms in total. The number of carboxylic acids is 1. The number of hydrogen-bond donors (Lipinski definition) is 5. The van der Waals surface area contributed by atoms with Gasteiger partial charge < -0.3 is 31.2 Å². The van der Waals surface area contributed by atoms with Gasteiger partial charge in [0.2, 0.25) is 0 Å². The van der Waals surface area contributed by atoms with Crippen molar-refractivity contribution >= 4 is 18.0 Å². The molecule has 0 saturated heterocycles. The summed E-state index contributed by atoms with van der Waals surface area (Å²) in [7, 11) is 0. The van der Waals surface area contributed by atoms with Crippen LogP contribution in [0.4, 0.5) is 4.79 Å². The second-order valence-electron chi connectivity index (χ2n) is 5.98. The van der Waals surface area contributed by atoms with E-state index in [9.17, 15) is 19.2 Å². The Kier molecular flexibility index (Phi) is 9.86. The fourth-order valence-electron chi connectivity index (χ4n) is 2.29. The molecule has 0 aliphatic rings. The number of nitrogens with one attached hydrogen (secondary N) is 2. The van der Waals surface area contributed by atoms with Crippen LogP contribution in [0.3, 0.4) is 0 Å². The Bertz CT molecular complexity index is 782. The van der Waals surface area contributed by atoms with Crippen LogP contribution in [-0.2, 0) is 16.1 Å². The number of amides is 1. The van der Waals surface area contributed by atoms with E-state index in [0.717, 1.165) is 19.3 Å². The van der Waals surface area contributed by atoms with Gasteiger partial charge in [0.05, 0.1) is 6.61 Å². The molecule has 1 rings (SSSR count). The first kappa shape index (κ1) is 22.7. The number of unbranched alkanes of at least 4 members (excludes halogenated alkanes) is 3. The molecule has 1 aromatic heterocycles. The molecule has 0 fully saturated rings. The molecule has 0 spiro atoms. The zero-order chi connectivity index (χ0) is 20.9. The number of carbonyl (C=O) groups excluding carboxylic acids is 1. The highest BCUT2D eigenvalue weighted by Crippen LogP contribution is 2.02. The van der Waals surface area contributed by atoms with Crippen LogP contribution in [-0.4, -0.2) is 51.9 Å². The number of ether oxygens (including phenoxy) is 1. The fourth-order valence-corrected chi connectivity index (χ4v) is 2.29. The maximum atomic E-state index is 11.6. The van der Waals surface area contributed by atoms with Crippen LogP contribution >= 0.6 is 0 Å². The van der Waals surface area contributed by atoms with Crippen molar-refractivity contribution in [1.82, 2.24) is 14.9 Å². The van der Waals surface area contributed by atoms with E-state index in [2.05, 4.69) is 15.3 Å². The number of alkyl carbamates (subject to hydrolysis) is 1. The molecule has 0 saturated carbocycles. The third-order valence-electron chi connectivity index (χ3n) is 3.73. The molecule has 0 aliphatic carbocycles. The lowest BCUT2D eigenvalue weighted by Crippen LogP contribution is -2.41. The quantitative estimate of drug-likeness (QED) is 0.167. The number of nitrogens with two attached hydrogens (primary N) is 2. The van der Waals surface area contributed by atoms with Crippen molar-refractivity contribution in [3.05, 3.63) is 33.1 Å². The lowest BCUT2D eigenvalue weighted by atomic mass is 10.2.